The van der Waals surface area contributed by atoms with Gasteiger partial charge < -0.3 is 4.74 Å². The molecule has 0 aliphatic carbocycles. The van der Waals surface area contributed by atoms with E-state index in [2.05, 4.69) is 164 Å². The summed E-state index contributed by atoms with van der Waals surface area (Å²) in [6.07, 6.45) is 0. The molecule has 0 amide bonds. The van der Waals surface area contributed by atoms with Crippen LogP contribution in [-0.4, -0.2) is 6.71 Å². The molecule has 1 aliphatic rings. The van der Waals surface area contributed by atoms with Crippen molar-refractivity contribution in [2.75, 3.05) is 0 Å². The molecule has 0 fully saturated rings. The SMILES string of the molecule is c1ccc(B2c3ccccc3Oc3cc(-c4cccc(-c5cccc(-c6cccc7c6sc6ccccc67)c5)c4)ccc32)cc1. The summed E-state index contributed by atoms with van der Waals surface area (Å²) in [6, 6.07) is 59.0. The van der Waals surface area contributed by atoms with E-state index in [-0.39, 0.29) is 6.71 Å². The molecule has 0 saturated heterocycles. The van der Waals surface area contributed by atoms with Crippen molar-refractivity contribution in [2.24, 2.45) is 0 Å². The molecule has 9 rings (SSSR count). The second-order valence-electron chi connectivity index (χ2n) is 11.7. The first-order chi connectivity index (χ1) is 22.3. The topological polar surface area (TPSA) is 9.23 Å². The average Bonchev–Trinajstić information content (AvgIpc) is 3.50. The number of fused-ring (bicyclic) bond motifs is 5. The molecule has 3 heteroatoms. The highest BCUT2D eigenvalue weighted by Crippen LogP contribution is 2.40. The molecule has 8 aromatic rings. The highest BCUT2D eigenvalue weighted by molar-refractivity contribution is 7.26. The summed E-state index contributed by atoms with van der Waals surface area (Å²) in [4.78, 5) is 0. The van der Waals surface area contributed by atoms with Gasteiger partial charge in [0.1, 0.15) is 11.5 Å². The van der Waals surface area contributed by atoms with E-state index in [4.69, 9.17) is 4.74 Å². The van der Waals surface area contributed by atoms with E-state index in [9.17, 15) is 0 Å². The molecule has 0 atom stereocenters. The summed E-state index contributed by atoms with van der Waals surface area (Å²) < 4.78 is 9.20. The summed E-state index contributed by atoms with van der Waals surface area (Å²) in [6.45, 7) is 0.139. The van der Waals surface area contributed by atoms with E-state index in [1.807, 2.05) is 11.3 Å². The highest BCUT2D eigenvalue weighted by Gasteiger charge is 2.32. The van der Waals surface area contributed by atoms with Gasteiger partial charge in [0.2, 0.25) is 0 Å². The van der Waals surface area contributed by atoms with Crippen LogP contribution in [0.25, 0.3) is 53.6 Å². The fraction of sp³-hybridized carbons (Fsp3) is 0. The van der Waals surface area contributed by atoms with E-state index in [0.717, 1.165) is 17.1 Å². The number of hydrogen-bond acceptors (Lipinski definition) is 2. The summed E-state index contributed by atoms with van der Waals surface area (Å²) >= 11 is 1.88. The van der Waals surface area contributed by atoms with Crippen LogP contribution in [0.15, 0.2) is 164 Å². The van der Waals surface area contributed by atoms with Crippen LogP contribution >= 0.6 is 11.3 Å². The van der Waals surface area contributed by atoms with Crippen LogP contribution in [0.3, 0.4) is 0 Å². The van der Waals surface area contributed by atoms with Crippen molar-refractivity contribution in [2.45, 2.75) is 0 Å². The lowest BCUT2D eigenvalue weighted by atomic mass is 9.36. The molecule has 2 heterocycles. The van der Waals surface area contributed by atoms with E-state index in [0.29, 0.717) is 0 Å². The quantitative estimate of drug-likeness (QED) is 0.186. The van der Waals surface area contributed by atoms with Gasteiger partial charge in [-0.1, -0.05) is 139 Å². The van der Waals surface area contributed by atoms with Crippen LogP contribution < -0.4 is 21.1 Å². The Labute approximate surface area is 267 Å². The zero-order valence-electron chi connectivity index (χ0n) is 24.5. The summed E-state index contributed by atoms with van der Waals surface area (Å²) in [7, 11) is 0. The van der Waals surface area contributed by atoms with E-state index in [1.165, 1.54) is 64.4 Å². The largest absolute Gasteiger partial charge is 0.458 e. The third-order valence-corrected chi connectivity index (χ3v) is 10.2. The minimum absolute atomic E-state index is 0.139. The Morgan fingerprint density at radius 2 is 1.04 bits per heavy atom. The van der Waals surface area contributed by atoms with Crippen molar-refractivity contribution < 1.29 is 4.74 Å². The van der Waals surface area contributed by atoms with Gasteiger partial charge >= 0.3 is 0 Å². The number of hydrogen-bond donors (Lipinski definition) is 0. The second kappa shape index (κ2) is 10.7. The zero-order chi connectivity index (χ0) is 29.7. The summed E-state index contributed by atoms with van der Waals surface area (Å²) in [5.74, 6) is 1.85. The predicted molar refractivity (Wildman–Crippen MR) is 193 cm³/mol. The average molecular weight is 591 g/mol. The minimum Gasteiger partial charge on any atom is -0.458 e. The van der Waals surface area contributed by atoms with Crippen molar-refractivity contribution in [3.05, 3.63) is 164 Å². The fourth-order valence-corrected chi connectivity index (χ4v) is 8.10. The van der Waals surface area contributed by atoms with Crippen LogP contribution in [0.2, 0.25) is 0 Å². The fourth-order valence-electron chi connectivity index (χ4n) is 6.86. The lowest BCUT2D eigenvalue weighted by Crippen LogP contribution is -2.54. The predicted octanol–water partition coefficient (Wildman–Crippen LogP) is 9.68. The third-order valence-electron chi connectivity index (χ3n) is 9.01. The first-order valence-electron chi connectivity index (χ1n) is 15.4. The first kappa shape index (κ1) is 26.1. The monoisotopic (exact) mass is 590 g/mol. The molecule has 7 aromatic carbocycles. The van der Waals surface area contributed by atoms with Gasteiger partial charge in [-0.3, -0.25) is 0 Å². The second-order valence-corrected chi connectivity index (χ2v) is 12.7. The van der Waals surface area contributed by atoms with Gasteiger partial charge in [0.15, 0.2) is 0 Å². The normalized spacial score (nSPS) is 12.1. The number of rotatable bonds is 4. The van der Waals surface area contributed by atoms with E-state index in [1.54, 1.807) is 0 Å². The Kier molecular flexibility index (Phi) is 6.17. The molecule has 1 aromatic heterocycles. The Morgan fingerprint density at radius 1 is 0.422 bits per heavy atom. The summed E-state index contributed by atoms with van der Waals surface area (Å²) in [5, 5.41) is 2.66. The Hall–Kier alpha value is -5.38. The maximum atomic E-state index is 6.53. The van der Waals surface area contributed by atoms with Crippen molar-refractivity contribution >= 4 is 54.6 Å². The van der Waals surface area contributed by atoms with Gasteiger partial charge in [-0.2, -0.15) is 0 Å². The van der Waals surface area contributed by atoms with Crippen LogP contribution in [0.4, 0.5) is 0 Å². The van der Waals surface area contributed by atoms with Gasteiger partial charge in [0.05, 0.1) is 0 Å². The van der Waals surface area contributed by atoms with Crippen molar-refractivity contribution in [1.29, 1.82) is 0 Å². The van der Waals surface area contributed by atoms with Crippen LogP contribution in [0, 0.1) is 0 Å². The smallest absolute Gasteiger partial charge is 0.250 e. The lowest BCUT2D eigenvalue weighted by Gasteiger charge is -2.27. The Balaban J connectivity index is 1.10. The molecule has 0 unspecified atom stereocenters. The molecule has 45 heavy (non-hydrogen) atoms. The van der Waals surface area contributed by atoms with Gasteiger partial charge in [0, 0.05) is 20.2 Å². The zero-order valence-corrected chi connectivity index (χ0v) is 25.3. The number of benzene rings is 7. The number of thiophene rings is 1. The molecule has 1 aliphatic heterocycles. The molecular weight excluding hydrogens is 563 g/mol. The number of ether oxygens (including phenoxy) is 1. The van der Waals surface area contributed by atoms with Crippen molar-refractivity contribution in [3.8, 4) is 44.9 Å². The standard InChI is InChI=1S/C42H27BOS/c1-2-15-33(16-3-1)43-37-20-5-6-21-39(37)44-40-27-31(23-24-38(40)43)29-12-8-11-28(25-29)30-13-9-14-32(26-30)34-18-10-19-36-35-17-4-7-22-41(35)45-42(34)36/h1-27H. The first-order valence-corrected chi connectivity index (χ1v) is 16.2. The Bertz CT molecular complexity index is 2370. The molecule has 210 valence electrons. The van der Waals surface area contributed by atoms with Crippen LogP contribution in [-0.2, 0) is 0 Å². The van der Waals surface area contributed by atoms with E-state index >= 15 is 0 Å². The van der Waals surface area contributed by atoms with Crippen LogP contribution in [0.5, 0.6) is 11.5 Å². The summed E-state index contributed by atoms with van der Waals surface area (Å²) in [5.41, 5.74) is 10.9. The molecule has 0 N–H and O–H groups in total. The van der Waals surface area contributed by atoms with Crippen molar-refractivity contribution in [1.82, 2.24) is 0 Å². The molecule has 0 bridgehead atoms. The highest BCUT2D eigenvalue weighted by atomic mass is 32.1. The maximum Gasteiger partial charge on any atom is 0.250 e. The molecular formula is C42H27BOS. The maximum absolute atomic E-state index is 6.53. The number of para-hydroxylation sites is 1. The molecule has 0 spiro atoms. The van der Waals surface area contributed by atoms with Gasteiger partial charge in [-0.25, -0.2) is 0 Å². The Morgan fingerprint density at radius 3 is 1.89 bits per heavy atom. The molecule has 0 radical (unpaired) electrons. The molecule has 1 nitrogen and oxygen atoms in total. The van der Waals surface area contributed by atoms with Gasteiger partial charge in [-0.15, -0.1) is 11.3 Å². The van der Waals surface area contributed by atoms with Gasteiger partial charge in [-0.05, 0) is 74.6 Å². The third kappa shape index (κ3) is 4.47. The van der Waals surface area contributed by atoms with Gasteiger partial charge in [0.25, 0.3) is 6.71 Å². The minimum atomic E-state index is 0.139. The van der Waals surface area contributed by atoms with Crippen LogP contribution in [0.1, 0.15) is 0 Å². The lowest BCUT2D eigenvalue weighted by molar-refractivity contribution is 0.487. The molecule has 0 saturated carbocycles. The van der Waals surface area contributed by atoms with E-state index < -0.39 is 0 Å². The van der Waals surface area contributed by atoms with Crippen molar-refractivity contribution in [3.63, 3.8) is 0 Å².